The second kappa shape index (κ2) is 4.53. The van der Waals surface area contributed by atoms with Crippen LogP contribution in [0.4, 0.5) is 0 Å². The minimum Gasteiger partial charge on any atom is -0.488 e. The maximum atomic E-state index is 5.85. The van der Waals surface area contributed by atoms with E-state index in [9.17, 15) is 0 Å². The predicted octanol–water partition coefficient (Wildman–Crippen LogP) is 3.67. The van der Waals surface area contributed by atoms with Crippen LogP contribution in [0.5, 0.6) is 5.75 Å². The fraction of sp³-hybridized carbons (Fsp3) is 0.111. The topological polar surface area (TPSA) is 9.23 Å². The average molecular weight is 248 g/mol. The Morgan fingerprint density at radius 2 is 2.33 bits per heavy atom. The summed E-state index contributed by atoms with van der Waals surface area (Å²) in [6, 6.07) is 5.47. The number of hydrogen-bond donors (Lipinski definition) is 0. The minimum atomic E-state index is 0.468. The summed E-state index contributed by atoms with van der Waals surface area (Å²) in [7, 11) is 0. The summed E-state index contributed by atoms with van der Waals surface area (Å²) in [4.78, 5) is 0. The highest BCUT2D eigenvalue weighted by Crippen LogP contribution is 2.27. The second-order valence-corrected chi connectivity index (χ2v) is 3.50. The first-order valence-electron chi connectivity index (χ1n) is 3.43. The lowest BCUT2D eigenvalue weighted by atomic mass is 10.3. The van der Waals surface area contributed by atoms with E-state index < -0.39 is 0 Å². The van der Waals surface area contributed by atoms with Gasteiger partial charge in [-0.15, -0.1) is 0 Å². The van der Waals surface area contributed by atoms with Crippen molar-refractivity contribution in [2.75, 3.05) is 6.61 Å². The smallest absolute Gasteiger partial charge is 0.139 e. The molecule has 0 aliphatic carbocycles. The van der Waals surface area contributed by atoms with Gasteiger partial charge in [0, 0.05) is 4.47 Å². The molecule has 12 heavy (non-hydrogen) atoms. The SMILES string of the molecule is C=CCOc1cc(Br)ccc1Cl. The highest BCUT2D eigenvalue weighted by molar-refractivity contribution is 9.10. The first kappa shape index (κ1) is 9.62. The third-order valence-electron chi connectivity index (χ3n) is 1.25. The molecule has 1 aromatic carbocycles. The third kappa shape index (κ3) is 2.54. The lowest BCUT2D eigenvalue weighted by molar-refractivity contribution is 0.363. The van der Waals surface area contributed by atoms with Gasteiger partial charge in [0.2, 0.25) is 0 Å². The minimum absolute atomic E-state index is 0.468. The summed E-state index contributed by atoms with van der Waals surface area (Å²) in [5, 5.41) is 0.611. The Hall–Kier alpha value is -0.470. The molecule has 0 saturated heterocycles. The first-order chi connectivity index (χ1) is 5.74. The summed E-state index contributed by atoms with van der Waals surface area (Å²) in [5.74, 6) is 0.672. The summed E-state index contributed by atoms with van der Waals surface area (Å²) in [5.41, 5.74) is 0. The molecular weight excluding hydrogens is 239 g/mol. The Kier molecular flexibility index (Phi) is 3.63. The number of rotatable bonds is 3. The molecule has 0 radical (unpaired) electrons. The van der Waals surface area contributed by atoms with Gasteiger partial charge in [0.05, 0.1) is 5.02 Å². The van der Waals surface area contributed by atoms with Crippen molar-refractivity contribution in [3.05, 3.63) is 40.3 Å². The number of ether oxygens (including phenoxy) is 1. The Balaban J connectivity index is 2.82. The van der Waals surface area contributed by atoms with Gasteiger partial charge in [-0.05, 0) is 18.2 Å². The molecule has 0 atom stereocenters. The molecule has 0 aliphatic rings. The molecule has 0 unspecified atom stereocenters. The van der Waals surface area contributed by atoms with Crippen molar-refractivity contribution in [3.63, 3.8) is 0 Å². The zero-order valence-electron chi connectivity index (χ0n) is 6.39. The zero-order chi connectivity index (χ0) is 8.97. The van der Waals surface area contributed by atoms with E-state index in [0.717, 1.165) is 4.47 Å². The normalized spacial score (nSPS) is 9.50. The Morgan fingerprint density at radius 3 is 3.00 bits per heavy atom. The lowest BCUT2D eigenvalue weighted by Crippen LogP contribution is -1.92. The van der Waals surface area contributed by atoms with Crippen LogP contribution in [-0.2, 0) is 0 Å². The Morgan fingerprint density at radius 1 is 1.58 bits per heavy atom. The van der Waals surface area contributed by atoms with Crippen molar-refractivity contribution in [3.8, 4) is 5.75 Å². The number of hydrogen-bond acceptors (Lipinski definition) is 1. The standard InChI is InChI=1S/C9H8BrClO/c1-2-5-12-9-6-7(10)3-4-8(9)11/h2-4,6H,1,5H2. The van der Waals surface area contributed by atoms with Crippen LogP contribution in [0.25, 0.3) is 0 Å². The fourth-order valence-corrected chi connectivity index (χ4v) is 1.25. The monoisotopic (exact) mass is 246 g/mol. The van der Waals surface area contributed by atoms with Crippen molar-refractivity contribution >= 4 is 27.5 Å². The molecule has 3 heteroatoms. The quantitative estimate of drug-likeness (QED) is 0.741. The third-order valence-corrected chi connectivity index (χ3v) is 2.06. The largest absolute Gasteiger partial charge is 0.488 e. The van der Waals surface area contributed by atoms with E-state index in [4.69, 9.17) is 16.3 Å². The summed E-state index contributed by atoms with van der Waals surface area (Å²) < 4.78 is 6.24. The van der Waals surface area contributed by atoms with Crippen LogP contribution in [-0.4, -0.2) is 6.61 Å². The van der Waals surface area contributed by atoms with Gasteiger partial charge in [0.1, 0.15) is 12.4 Å². The van der Waals surface area contributed by atoms with Gasteiger partial charge in [0.15, 0.2) is 0 Å². The molecular formula is C9H8BrClO. The molecule has 0 N–H and O–H groups in total. The van der Waals surface area contributed by atoms with Gasteiger partial charge in [-0.3, -0.25) is 0 Å². The van der Waals surface area contributed by atoms with Crippen molar-refractivity contribution < 1.29 is 4.74 Å². The van der Waals surface area contributed by atoms with Crippen LogP contribution in [0, 0.1) is 0 Å². The predicted molar refractivity (Wildman–Crippen MR) is 54.8 cm³/mol. The molecule has 0 aromatic heterocycles. The summed E-state index contributed by atoms with van der Waals surface area (Å²) >= 11 is 9.18. The van der Waals surface area contributed by atoms with Crippen LogP contribution in [0.3, 0.4) is 0 Å². The van der Waals surface area contributed by atoms with E-state index in [0.29, 0.717) is 17.4 Å². The van der Waals surface area contributed by atoms with E-state index in [1.165, 1.54) is 0 Å². The molecule has 1 aromatic rings. The lowest BCUT2D eigenvalue weighted by Gasteiger charge is -2.05. The highest BCUT2D eigenvalue weighted by Gasteiger charge is 2.00. The Bertz CT molecular complexity index is 286. The van der Waals surface area contributed by atoms with Gasteiger partial charge in [-0.25, -0.2) is 0 Å². The van der Waals surface area contributed by atoms with Crippen LogP contribution >= 0.6 is 27.5 Å². The average Bonchev–Trinajstić information content (AvgIpc) is 2.07. The summed E-state index contributed by atoms with van der Waals surface area (Å²) in [6.45, 7) is 4.02. The molecule has 0 fully saturated rings. The molecule has 1 rings (SSSR count). The molecule has 0 aliphatic heterocycles. The molecule has 0 bridgehead atoms. The number of halogens is 2. The van der Waals surface area contributed by atoms with Crippen LogP contribution in [0.15, 0.2) is 35.3 Å². The van der Waals surface area contributed by atoms with Crippen molar-refractivity contribution in [1.82, 2.24) is 0 Å². The molecule has 1 nitrogen and oxygen atoms in total. The maximum Gasteiger partial charge on any atom is 0.139 e. The van der Waals surface area contributed by atoms with Gasteiger partial charge in [-0.1, -0.05) is 40.2 Å². The van der Waals surface area contributed by atoms with E-state index in [-0.39, 0.29) is 0 Å². The van der Waals surface area contributed by atoms with Gasteiger partial charge < -0.3 is 4.74 Å². The van der Waals surface area contributed by atoms with Gasteiger partial charge in [-0.2, -0.15) is 0 Å². The molecule has 64 valence electrons. The van der Waals surface area contributed by atoms with E-state index in [1.54, 1.807) is 12.1 Å². The van der Waals surface area contributed by atoms with Crippen LogP contribution in [0.1, 0.15) is 0 Å². The van der Waals surface area contributed by atoms with E-state index in [2.05, 4.69) is 22.5 Å². The van der Waals surface area contributed by atoms with Gasteiger partial charge in [0.25, 0.3) is 0 Å². The zero-order valence-corrected chi connectivity index (χ0v) is 8.73. The molecule has 0 amide bonds. The highest BCUT2D eigenvalue weighted by atomic mass is 79.9. The van der Waals surface area contributed by atoms with Crippen molar-refractivity contribution in [2.24, 2.45) is 0 Å². The van der Waals surface area contributed by atoms with Crippen LogP contribution < -0.4 is 4.74 Å². The molecule has 0 saturated carbocycles. The first-order valence-corrected chi connectivity index (χ1v) is 4.60. The second-order valence-electron chi connectivity index (χ2n) is 2.17. The van der Waals surface area contributed by atoms with E-state index >= 15 is 0 Å². The van der Waals surface area contributed by atoms with E-state index in [1.807, 2.05) is 12.1 Å². The van der Waals surface area contributed by atoms with Crippen LogP contribution in [0.2, 0.25) is 5.02 Å². The number of benzene rings is 1. The van der Waals surface area contributed by atoms with Gasteiger partial charge >= 0.3 is 0 Å². The molecule has 0 spiro atoms. The maximum absolute atomic E-state index is 5.85. The fourth-order valence-electron chi connectivity index (χ4n) is 0.737. The summed E-state index contributed by atoms with van der Waals surface area (Å²) in [6.07, 6.45) is 1.68. The van der Waals surface area contributed by atoms with Crippen molar-refractivity contribution in [2.45, 2.75) is 0 Å². The Labute approximate surface area is 85.1 Å². The molecule has 0 heterocycles. The van der Waals surface area contributed by atoms with Crippen molar-refractivity contribution in [1.29, 1.82) is 0 Å².